The van der Waals surface area contributed by atoms with Gasteiger partial charge in [0.05, 0.1) is 23.6 Å². The number of aromatic hydroxyl groups is 1. The number of rotatable bonds is 6. The van der Waals surface area contributed by atoms with E-state index in [0.717, 1.165) is 74.7 Å². The van der Waals surface area contributed by atoms with Crippen LogP contribution in [0.25, 0.3) is 22.5 Å². The van der Waals surface area contributed by atoms with E-state index in [2.05, 4.69) is 59.5 Å². The van der Waals surface area contributed by atoms with Crippen LogP contribution in [-0.2, 0) is 9.59 Å². The third-order valence-electron chi connectivity index (χ3n) is 10.9. The highest BCUT2D eigenvalue weighted by molar-refractivity contribution is 6.02. The monoisotopic (exact) mass is 674 g/mol. The fourth-order valence-electron chi connectivity index (χ4n) is 8.21. The van der Waals surface area contributed by atoms with Crippen LogP contribution in [0.4, 0.5) is 17.2 Å². The number of anilines is 3. The molecule has 1 saturated carbocycles. The Bertz CT molecular complexity index is 1900. The molecule has 4 aliphatic rings. The Morgan fingerprint density at radius 3 is 2.46 bits per heavy atom. The number of piperazine rings is 1. The van der Waals surface area contributed by atoms with Gasteiger partial charge in [-0.2, -0.15) is 0 Å². The molecule has 2 aromatic heterocycles. The number of hydrogen-bond donors (Lipinski definition) is 3. The van der Waals surface area contributed by atoms with Crippen LogP contribution in [0.15, 0.2) is 66.9 Å². The summed E-state index contributed by atoms with van der Waals surface area (Å²) in [5.74, 6) is 1.36. The number of amides is 2. The highest BCUT2D eigenvalue weighted by atomic mass is 16.5. The maximum Gasteiger partial charge on any atom is 0.249 e. The molecule has 50 heavy (non-hydrogen) atoms. The molecule has 0 unspecified atom stereocenters. The number of ether oxygens (including phenoxy) is 1. The number of nitrogens with two attached hydrogens (primary N) is 1. The number of pyridine rings is 1. The topological polar surface area (TPSA) is 150 Å². The SMILES string of the molecule is Nc1nnc(-c2ccccc2O)cc1-c1cc(N2CCN(C3CCC(c4cccc5c4OCCN5[C@@H]4CCC(=O)NC4=O)CC3)CC2)ccn1. The van der Waals surface area contributed by atoms with Crippen molar-refractivity contribution in [1.29, 1.82) is 0 Å². The Labute approximate surface area is 291 Å². The predicted molar refractivity (Wildman–Crippen MR) is 191 cm³/mol. The summed E-state index contributed by atoms with van der Waals surface area (Å²) in [7, 11) is 0. The molecule has 0 bridgehead atoms. The Morgan fingerprint density at radius 1 is 0.840 bits per heavy atom. The molecule has 0 radical (unpaired) electrons. The van der Waals surface area contributed by atoms with E-state index < -0.39 is 0 Å². The van der Waals surface area contributed by atoms with Gasteiger partial charge in [-0.3, -0.25) is 24.8 Å². The summed E-state index contributed by atoms with van der Waals surface area (Å²) in [5, 5.41) is 21.3. The number of aromatic nitrogens is 3. The number of carbonyl (C=O) groups is 2. The lowest BCUT2D eigenvalue weighted by Crippen LogP contribution is -2.54. The molecule has 1 aliphatic carbocycles. The van der Waals surface area contributed by atoms with Crippen molar-refractivity contribution >= 4 is 29.0 Å². The normalized spacial score (nSPS) is 22.8. The number of phenolic OH excluding ortho intramolecular Hbond substituents is 1. The molecular formula is C38H42N8O4. The molecule has 1 atom stereocenters. The van der Waals surface area contributed by atoms with Crippen molar-refractivity contribution in [3.63, 3.8) is 0 Å². The zero-order chi connectivity index (χ0) is 34.2. The van der Waals surface area contributed by atoms with E-state index in [0.29, 0.717) is 60.6 Å². The van der Waals surface area contributed by atoms with E-state index in [4.69, 9.17) is 10.5 Å². The van der Waals surface area contributed by atoms with Gasteiger partial charge < -0.3 is 25.4 Å². The maximum atomic E-state index is 12.7. The Hall–Kier alpha value is -5.23. The summed E-state index contributed by atoms with van der Waals surface area (Å²) in [6.07, 6.45) is 7.19. The van der Waals surface area contributed by atoms with Gasteiger partial charge in [-0.05, 0) is 80.0 Å². The van der Waals surface area contributed by atoms with Crippen molar-refractivity contribution in [2.75, 3.05) is 54.9 Å². The fourth-order valence-corrected chi connectivity index (χ4v) is 8.21. The first-order valence-electron chi connectivity index (χ1n) is 17.7. The van der Waals surface area contributed by atoms with Crippen molar-refractivity contribution in [2.45, 2.75) is 56.5 Å². The summed E-state index contributed by atoms with van der Waals surface area (Å²) in [6.45, 7) is 5.01. The lowest BCUT2D eigenvalue weighted by atomic mass is 9.80. The van der Waals surface area contributed by atoms with Crippen LogP contribution in [0.1, 0.15) is 50.0 Å². The number of para-hydroxylation sites is 2. The Kier molecular flexibility index (Phi) is 8.70. The summed E-state index contributed by atoms with van der Waals surface area (Å²) in [5.41, 5.74) is 12.1. The molecular weight excluding hydrogens is 632 g/mol. The number of piperidine rings is 1. The molecule has 3 fully saturated rings. The number of benzene rings is 2. The average Bonchev–Trinajstić information content (AvgIpc) is 3.15. The predicted octanol–water partition coefficient (Wildman–Crippen LogP) is 4.35. The molecule has 3 aliphatic heterocycles. The fraction of sp³-hybridized carbons (Fsp3) is 0.395. The quantitative estimate of drug-likeness (QED) is 0.251. The van der Waals surface area contributed by atoms with Gasteiger partial charge in [0.1, 0.15) is 24.1 Å². The molecule has 8 rings (SSSR count). The molecule has 12 nitrogen and oxygen atoms in total. The number of fused-ring (bicyclic) bond motifs is 1. The van der Waals surface area contributed by atoms with Crippen LogP contribution in [0, 0.1) is 0 Å². The van der Waals surface area contributed by atoms with E-state index in [1.807, 2.05) is 24.4 Å². The molecule has 4 aromatic rings. The van der Waals surface area contributed by atoms with Crippen LogP contribution in [-0.4, -0.2) is 88.4 Å². The molecule has 258 valence electrons. The molecule has 2 aromatic carbocycles. The number of carbonyl (C=O) groups excluding carboxylic acids is 2. The van der Waals surface area contributed by atoms with E-state index >= 15 is 0 Å². The number of phenols is 1. The van der Waals surface area contributed by atoms with Gasteiger partial charge in [0.2, 0.25) is 11.8 Å². The highest BCUT2D eigenvalue weighted by Gasteiger charge is 2.37. The lowest BCUT2D eigenvalue weighted by Gasteiger charge is -2.43. The zero-order valence-corrected chi connectivity index (χ0v) is 28.0. The third-order valence-corrected chi connectivity index (χ3v) is 10.9. The van der Waals surface area contributed by atoms with Crippen molar-refractivity contribution < 1.29 is 19.4 Å². The van der Waals surface area contributed by atoms with Crippen LogP contribution in [0.5, 0.6) is 11.5 Å². The van der Waals surface area contributed by atoms with Gasteiger partial charge >= 0.3 is 0 Å². The smallest absolute Gasteiger partial charge is 0.249 e. The maximum absolute atomic E-state index is 12.7. The van der Waals surface area contributed by atoms with Crippen LogP contribution < -0.4 is 25.6 Å². The van der Waals surface area contributed by atoms with E-state index in [1.54, 1.807) is 18.2 Å². The summed E-state index contributed by atoms with van der Waals surface area (Å²) < 4.78 is 6.27. The molecule has 4 N–H and O–H groups in total. The first-order chi connectivity index (χ1) is 24.4. The van der Waals surface area contributed by atoms with Crippen LogP contribution in [0.2, 0.25) is 0 Å². The Morgan fingerprint density at radius 2 is 1.66 bits per heavy atom. The molecule has 5 heterocycles. The van der Waals surface area contributed by atoms with E-state index in [-0.39, 0.29) is 23.6 Å². The van der Waals surface area contributed by atoms with Crippen molar-refractivity contribution in [2.24, 2.45) is 0 Å². The average molecular weight is 675 g/mol. The number of nitrogens with one attached hydrogen (secondary N) is 1. The molecule has 2 saturated heterocycles. The number of nitrogen functional groups attached to an aromatic ring is 1. The van der Waals surface area contributed by atoms with Crippen molar-refractivity contribution in [3.8, 4) is 34.0 Å². The summed E-state index contributed by atoms with van der Waals surface area (Å²) >= 11 is 0. The minimum atomic E-state index is -0.340. The van der Waals surface area contributed by atoms with Crippen molar-refractivity contribution in [3.05, 3.63) is 72.4 Å². The Balaban J connectivity index is 0.897. The second-order valence-corrected chi connectivity index (χ2v) is 13.7. The third kappa shape index (κ3) is 6.19. The van der Waals surface area contributed by atoms with Crippen LogP contribution in [0.3, 0.4) is 0 Å². The van der Waals surface area contributed by atoms with Gasteiger partial charge in [-0.1, -0.05) is 24.3 Å². The standard InChI is InChI=1S/C38H42N8O4/c39-37-29(23-31(42-43-37)28-4-1-2-7-34(28)47)30-22-26(14-15-40-30)45-18-16-44(17-19-45)25-10-8-24(9-11-25)27-5-3-6-32-36(27)50-21-20-46(32)33-12-13-35(48)41-38(33)49/h1-7,14-15,22-25,33,47H,8-13,16-21H2,(H2,39,43)(H,41,48,49)/t24?,25?,33-/m1/s1. The molecule has 2 amide bonds. The van der Waals surface area contributed by atoms with Gasteiger partial charge in [-0.25, -0.2) is 0 Å². The number of imide groups is 1. The largest absolute Gasteiger partial charge is 0.507 e. The first kappa shape index (κ1) is 32.0. The molecule has 0 spiro atoms. The minimum Gasteiger partial charge on any atom is -0.507 e. The van der Waals surface area contributed by atoms with Gasteiger partial charge in [0, 0.05) is 61.7 Å². The van der Waals surface area contributed by atoms with E-state index in [1.165, 1.54) is 5.56 Å². The number of nitrogens with zero attached hydrogens (tertiary/aromatic N) is 6. The van der Waals surface area contributed by atoms with Gasteiger partial charge in [0.15, 0.2) is 5.82 Å². The summed E-state index contributed by atoms with van der Waals surface area (Å²) in [6, 6.07) is 19.5. The number of hydrogen-bond acceptors (Lipinski definition) is 11. The van der Waals surface area contributed by atoms with Gasteiger partial charge in [0.25, 0.3) is 0 Å². The first-order valence-corrected chi connectivity index (χ1v) is 17.7. The van der Waals surface area contributed by atoms with E-state index in [9.17, 15) is 14.7 Å². The molecule has 12 heteroatoms. The summed E-state index contributed by atoms with van der Waals surface area (Å²) in [4.78, 5) is 36.3. The van der Waals surface area contributed by atoms with Crippen molar-refractivity contribution in [1.82, 2.24) is 25.4 Å². The van der Waals surface area contributed by atoms with Gasteiger partial charge in [-0.15, -0.1) is 10.2 Å². The zero-order valence-electron chi connectivity index (χ0n) is 28.0. The minimum absolute atomic E-state index is 0.136. The van der Waals surface area contributed by atoms with Crippen LogP contribution >= 0.6 is 0 Å². The second-order valence-electron chi connectivity index (χ2n) is 13.7. The second kappa shape index (κ2) is 13.6. The lowest BCUT2D eigenvalue weighted by molar-refractivity contribution is -0.134. The highest BCUT2D eigenvalue weighted by Crippen LogP contribution is 2.45.